The van der Waals surface area contributed by atoms with Crippen LogP contribution >= 0.6 is 0 Å². The fourth-order valence-corrected chi connectivity index (χ4v) is 3.86. The molecule has 1 amide bonds. The van der Waals surface area contributed by atoms with Crippen LogP contribution in [-0.4, -0.2) is 40.4 Å². The number of benzene rings is 1. The zero-order chi connectivity index (χ0) is 18.1. The summed E-state index contributed by atoms with van der Waals surface area (Å²) < 4.78 is 5.49. The highest BCUT2D eigenvalue weighted by Gasteiger charge is 2.49. The van der Waals surface area contributed by atoms with Gasteiger partial charge in [0, 0.05) is 24.6 Å². The van der Waals surface area contributed by atoms with E-state index in [1.807, 2.05) is 51.1 Å². The molecule has 1 aromatic carbocycles. The predicted octanol–water partition coefficient (Wildman–Crippen LogP) is 3.44. The van der Waals surface area contributed by atoms with Gasteiger partial charge in [-0.2, -0.15) is 0 Å². The lowest BCUT2D eigenvalue weighted by molar-refractivity contribution is -0.00912. The maximum atomic E-state index is 12.4. The molecule has 4 nitrogen and oxygen atoms in total. The van der Waals surface area contributed by atoms with E-state index in [1.54, 1.807) is 4.90 Å². The first kappa shape index (κ1) is 17.8. The van der Waals surface area contributed by atoms with Crippen LogP contribution in [0.2, 0.25) is 0 Å². The van der Waals surface area contributed by atoms with Crippen LogP contribution in [0.5, 0.6) is 0 Å². The normalized spacial score (nSPS) is 28.7. The molecule has 0 aromatic heterocycles. The highest BCUT2D eigenvalue weighted by Crippen LogP contribution is 2.42. The van der Waals surface area contributed by atoms with Gasteiger partial charge >= 0.3 is 6.09 Å². The molecule has 0 spiro atoms. The number of ether oxygens (including phenoxy) is 1. The first-order chi connectivity index (χ1) is 11.8. The van der Waals surface area contributed by atoms with Crippen molar-refractivity contribution in [2.75, 3.05) is 13.1 Å². The Morgan fingerprint density at radius 3 is 2.68 bits per heavy atom. The minimum absolute atomic E-state index is 0.00928. The van der Waals surface area contributed by atoms with Gasteiger partial charge in [0.2, 0.25) is 0 Å². The van der Waals surface area contributed by atoms with E-state index in [2.05, 4.69) is 11.8 Å². The molecule has 3 unspecified atom stereocenters. The molecule has 1 aromatic rings. The van der Waals surface area contributed by atoms with E-state index in [1.165, 1.54) is 0 Å². The van der Waals surface area contributed by atoms with Crippen LogP contribution in [0.4, 0.5) is 4.79 Å². The highest BCUT2D eigenvalue weighted by atomic mass is 16.6. The smallest absolute Gasteiger partial charge is 0.410 e. The molecule has 0 bridgehead atoms. The highest BCUT2D eigenvalue weighted by molar-refractivity contribution is 5.68. The number of fused-ring (bicyclic) bond motifs is 1. The molecule has 2 aliphatic rings. The number of nitrogens with zero attached hydrogens (tertiary/aromatic N) is 1. The van der Waals surface area contributed by atoms with Crippen molar-refractivity contribution in [2.45, 2.75) is 51.2 Å². The Bertz CT molecular complexity index is 683. The van der Waals surface area contributed by atoms with Gasteiger partial charge < -0.3 is 14.7 Å². The number of amides is 1. The standard InChI is InChI=1S/C21H27NO3/c1-20(2,3)25-19(23)22-14-17-10-7-12-21(24,18(17)15-22)13-11-16-8-5-4-6-9-16/h4-6,8-9,17-18,24H,7,10,12,14-15H2,1-3H3. The van der Waals surface area contributed by atoms with Crippen molar-refractivity contribution in [3.8, 4) is 11.8 Å². The number of rotatable bonds is 0. The summed E-state index contributed by atoms with van der Waals surface area (Å²) in [4.78, 5) is 14.1. The molecule has 134 valence electrons. The summed E-state index contributed by atoms with van der Waals surface area (Å²) in [5, 5.41) is 11.2. The monoisotopic (exact) mass is 341 g/mol. The first-order valence-corrected chi connectivity index (χ1v) is 9.05. The number of carbonyl (C=O) groups is 1. The Labute approximate surface area is 150 Å². The quantitative estimate of drug-likeness (QED) is 0.736. The molecule has 4 heteroatoms. The summed E-state index contributed by atoms with van der Waals surface area (Å²) in [6.07, 6.45) is 2.33. The second-order valence-electron chi connectivity index (χ2n) is 8.18. The lowest BCUT2D eigenvalue weighted by Crippen LogP contribution is -2.44. The predicted molar refractivity (Wildman–Crippen MR) is 96.9 cm³/mol. The summed E-state index contributed by atoms with van der Waals surface area (Å²) in [7, 11) is 0. The van der Waals surface area contributed by atoms with Gasteiger partial charge in [0.1, 0.15) is 11.2 Å². The van der Waals surface area contributed by atoms with E-state index in [0.717, 1.165) is 18.4 Å². The summed E-state index contributed by atoms with van der Waals surface area (Å²) in [5.41, 5.74) is -0.635. The van der Waals surface area contributed by atoms with Crippen LogP contribution in [0.3, 0.4) is 0 Å². The SMILES string of the molecule is CC(C)(C)OC(=O)N1CC2CCCC(O)(C#Cc3ccccc3)C2C1. The lowest BCUT2D eigenvalue weighted by atomic mass is 9.71. The van der Waals surface area contributed by atoms with Gasteiger partial charge in [0.05, 0.1) is 0 Å². The van der Waals surface area contributed by atoms with Crippen molar-refractivity contribution < 1.29 is 14.6 Å². The molecule has 3 rings (SSSR count). The number of carbonyl (C=O) groups excluding carboxylic acids is 1. The van der Waals surface area contributed by atoms with E-state index in [0.29, 0.717) is 19.5 Å². The third kappa shape index (κ3) is 4.16. The molecular weight excluding hydrogens is 314 g/mol. The third-order valence-electron chi connectivity index (χ3n) is 5.04. The fourth-order valence-electron chi connectivity index (χ4n) is 3.86. The topological polar surface area (TPSA) is 49.8 Å². The van der Waals surface area contributed by atoms with Gasteiger partial charge in [0.15, 0.2) is 0 Å². The minimum Gasteiger partial charge on any atom is -0.444 e. The fraction of sp³-hybridized carbons (Fsp3) is 0.571. The summed E-state index contributed by atoms with van der Waals surface area (Å²) in [5.74, 6) is 6.51. The van der Waals surface area contributed by atoms with Gasteiger partial charge in [-0.15, -0.1) is 0 Å². The van der Waals surface area contributed by atoms with E-state index in [4.69, 9.17) is 4.74 Å². The van der Waals surface area contributed by atoms with Gasteiger partial charge in [-0.25, -0.2) is 4.79 Å². The Morgan fingerprint density at radius 1 is 1.28 bits per heavy atom. The average Bonchev–Trinajstić information content (AvgIpc) is 2.99. The second-order valence-corrected chi connectivity index (χ2v) is 8.18. The number of hydrogen-bond donors (Lipinski definition) is 1. The Kier molecular flexibility index (Phi) is 4.79. The molecule has 1 aliphatic carbocycles. The Hall–Kier alpha value is -1.99. The third-order valence-corrected chi connectivity index (χ3v) is 5.04. The maximum Gasteiger partial charge on any atom is 0.410 e. The van der Waals surface area contributed by atoms with Crippen LogP contribution in [0, 0.1) is 23.7 Å². The molecule has 3 atom stereocenters. The van der Waals surface area contributed by atoms with Crippen LogP contribution in [0.15, 0.2) is 30.3 Å². The average molecular weight is 341 g/mol. The van der Waals surface area contributed by atoms with E-state index >= 15 is 0 Å². The van der Waals surface area contributed by atoms with Gasteiger partial charge in [0.25, 0.3) is 0 Å². The largest absolute Gasteiger partial charge is 0.444 e. The van der Waals surface area contributed by atoms with Crippen molar-refractivity contribution in [1.29, 1.82) is 0 Å². The molecule has 2 fully saturated rings. The minimum atomic E-state index is -1.03. The number of hydrogen-bond acceptors (Lipinski definition) is 3. The Balaban J connectivity index is 1.75. The van der Waals surface area contributed by atoms with Gasteiger partial charge in [-0.3, -0.25) is 0 Å². The van der Waals surface area contributed by atoms with E-state index in [9.17, 15) is 9.90 Å². The van der Waals surface area contributed by atoms with Crippen molar-refractivity contribution in [3.05, 3.63) is 35.9 Å². The van der Waals surface area contributed by atoms with E-state index < -0.39 is 11.2 Å². The van der Waals surface area contributed by atoms with Crippen molar-refractivity contribution in [2.24, 2.45) is 11.8 Å². The summed E-state index contributed by atoms with van der Waals surface area (Å²) in [6.45, 7) is 6.77. The lowest BCUT2D eigenvalue weighted by Gasteiger charge is -2.37. The van der Waals surface area contributed by atoms with E-state index in [-0.39, 0.29) is 17.9 Å². The molecular formula is C21H27NO3. The first-order valence-electron chi connectivity index (χ1n) is 9.05. The number of likely N-dealkylation sites (tertiary alicyclic amines) is 1. The van der Waals surface area contributed by atoms with Gasteiger partial charge in [-0.05, 0) is 58.1 Å². The zero-order valence-corrected chi connectivity index (χ0v) is 15.3. The molecule has 1 heterocycles. The van der Waals surface area contributed by atoms with Crippen molar-refractivity contribution in [1.82, 2.24) is 4.90 Å². The van der Waals surface area contributed by atoms with Crippen LogP contribution < -0.4 is 0 Å². The van der Waals surface area contributed by atoms with Gasteiger partial charge in [-0.1, -0.05) is 30.0 Å². The molecule has 1 saturated carbocycles. The molecule has 1 saturated heterocycles. The molecule has 0 radical (unpaired) electrons. The van der Waals surface area contributed by atoms with Crippen LogP contribution in [-0.2, 0) is 4.74 Å². The summed E-state index contributed by atoms with van der Waals surface area (Å²) >= 11 is 0. The maximum absolute atomic E-state index is 12.4. The number of aliphatic hydroxyl groups is 1. The second kappa shape index (κ2) is 6.72. The molecule has 1 aliphatic heterocycles. The Morgan fingerprint density at radius 2 is 2.00 bits per heavy atom. The molecule has 1 N–H and O–H groups in total. The van der Waals surface area contributed by atoms with Crippen molar-refractivity contribution in [3.63, 3.8) is 0 Å². The van der Waals surface area contributed by atoms with Crippen LogP contribution in [0.25, 0.3) is 0 Å². The van der Waals surface area contributed by atoms with Crippen LogP contribution in [0.1, 0.15) is 45.6 Å². The zero-order valence-electron chi connectivity index (χ0n) is 15.3. The van der Waals surface area contributed by atoms with Crippen molar-refractivity contribution >= 4 is 6.09 Å². The molecule has 25 heavy (non-hydrogen) atoms. The summed E-state index contributed by atoms with van der Waals surface area (Å²) in [6, 6.07) is 9.72.